The maximum atomic E-state index is 13.2. The summed E-state index contributed by atoms with van der Waals surface area (Å²) >= 11 is 0. The van der Waals surface area contributed by atoms with Crippen LogP contribution in [0.4, 0.5) is 8.87 Å². The molecule has 0 fully saturated rings. The van der Waals surface area contributed by atoms with Crippen LogP contribution >= 0.6 is 0 Å². The first kappa shape index (κ1) is 9.57. The summed E-state index contributed by atoms with van der Waals surface area (Å²) in [5, 5.41) is -0.155. The highest BCUT2D eigenvalue weighted by Gasteiger charge is 2.11. The summed E-state index contributed by atoms with van der Waals surface area (Å²) in [4.78, 5) is 23.8. The fraction of sp³-hybridized carbons (Fsp3) is 0.111. The van der Waals surface area contributed by atoms with Gasteiger partial charge in [-0.2, -0.15) is 0 Å². The molecule has 0 aliphatic heterocycles. The monoisotopic (exact) mass is 212 g/mol. The van der Waals surface area contributed by atoms with Crippen LogP contribution in [-0.4, -0.2) is 9.77 Å². The van der Waals surface area contributed by atoms with Gasteiger partial charge in [-0.05, 0) is 24.6 Å². The third-order valence-corrected chi connectivity index (χ3v) is 2.21. The molecule has 2 rings (SSSR count). The second-order valence-corrected chi connectivity index (χ2v) is 3.11. The number of hydrogen-bond acceptors (Lipinski definition) is 2. The molecule has 1 aromatic carbocycles. The molecule has 6 heteroatoms. The quantitative estimate of drug-likeness (QED) is 0.704. The first-order chi connectivity index (χ1) is 7.02. The van der Waals surface area contributed by atoms with Gasteiger partial charge < -0.3 is 0 Å². The summed E-state index contributed by atoms with van der Waals surface area (Å²) < 4.78 is 26.3. The largest absolute Gasteiger partial charge is 0.357 e. The number of rotatable bonds is 0. The van der Waals surface area contributed by atoms with Gasteiger partial charge in [-0.15, -0.1) is 4.79 Å². The molecule has 0 radical (unpaired) electrons. The van der Waals surface area contributed by atoms with E-state index in [4.69, 9.17) is 0 Å². The Morgan fingerprint density at radius 2 is 2.00 bits per heavy atom. The lowest BCUT2D eigenvalue weighted by molar-refractivity contribution is 0.362. The van der Waals surface area contributed by atoms with Crippen molar-refractivity contribution in [3.8, 4) is 0 Å². The highest BCUT2D eigenvalue weighted by Crippen LogP contribution is 2.15. The van der Waals surface area contributed by atoms with E-state index in [0.717, 1.165) is 12.1 Å². The Kier molecular flexibility index (Phi) is 1.92. The predicted octanol–water partition coefficient (Wildman–Crippen LogP) is 0.870. The Morgan fingerprint density at radius 3 is 2.67 bits per heavy atom. The van der Waals surface area contributed by atoms with Crippen LogP contribution in [0.2, 0.25) is 0 Å². The van der Waals surface area contributed by atoms with Crippen molar-refractivity contribution in [2.24, 2.45) is 0 Å². The zero-order valence-corrected chi connectivity index (χ0v) is 7.67. The third-order valence-electron chi connectivity index (χ3n) is 2.21. The molecule has 1 aromatic heterocycles. The van der Waals surface area contributed by atoms with E-state index < -0.39 is 17.1 Å². The average Bonchev–Trinajstić information content (AvgIpc) is 2.18. The highest BCUT2D eigenvalue weighted by molar-refractivity contribution is 5.81. The van der Waals surface area contributed by atoms with E-state index in [1.165, 1.54) is 6.92 Å². The van der Waals surface area contributed by atoms with E-state index in [-0.39, 0.29) is 21.3 Å². The minimum atomic E-state index is -1.17. The Hall–Kier alpha value is -1.98. The zero-order valence-electron chi connectivity index (χ0n) is 7.67. The van der Waals surface area contributed by atoms with Gasteiger partial charge in [0.15, 0.2) is 0 Å². The van der Waals surface area contributed by atoms with Crippen molar-refractivity contribution in [1.29, 1.82) is 0 Å². The van der Waals surface area contributed by atoms with Crippen LogP contribution in [0.3, 0.4) is 0 Å². The van der Waals surface area contributed by atoms with Gasteiger partial charge in [-0.3, -0.25) is 9.78 Å². The fourth-order valence-corrected chi connectivity index (χ4v) is 1.44. The van der Waals surface area contributed by atoms with Crippen molar-refractivity contribution >= 4 is 10.9 Å². The summed E-state index contributed by atoms with van der Waals surface area (Å²) in [6, 6.07) is 2.06. The number of aryl methyl sites for hydroxylation is 1. The molecule has 15 heavy (non-hydrogen) atoms. The van der Waals surface area contributed by atoms with E-state index in [0.29, 0.717) is 0 Å². The molecule has 0 saturated carbocycles. The van der Waals surface area contributed by atoms with Crippen LogP contribution in [0.1, 0.15) is 5.56 Å². The zero-order chi connectivity index (χ0) is 11.2. The van der Waals surface area contributed by atoms with Gasteiger partial charge in [0.05, 0.1) is 10.9 Å². The third kappa shape index (κ3) is 1.25. The number of halogens is 2. The normalized spacial score (nSPS) is 10.9. The highest BCUT2D eigenvalue weighted by atomic mass is 19.2. The first-order valence-corrected chi connectivity index (χ1v) is 4.12. The molecule has 0 aliphatic carbocycles. The minimum Gasteiger partial charge on any atom is -0.271 e. The van der Waals surface area contributed by atoms with Gasteiger partial charge in [0.25, 0.3) is 5.56 Å². The van der Waals surface area contributed by atoms with Crippen molar-refractivity contribution in [3.63, 3.8) is 0 Å². The number of H-pyrrole nitrogens is 1. The van der Waals surface area contributed by atoms with Gasteiger partial charge in [0, 0.05) is 0 Å². The molecule has 1 N–H and O–H groups in total. The molecule has 4 nitrogen and oxygen atoms in total. The Morgan fingerprint density at radius 1 is 1.33 bits per heavy atom. The van der Waals surface area contributed by atoms with E-state index >= 15 is 0 Å². The molecule has 0 saturated heterocycles. The second kappa shape index (κ2) is 3.01. The van der Waals surface area contributed by atoms with Gasteiger partial charge in [0.2, 0.25) is 0 Å². The number of aromatic amines is 1. The van der Waals surface area contributed by atoms with Crippen LogP contribution in [0.15, 0.2) is 21.7 Å². The Bertz CT molecular complexity index is 657. The van der Waals surface area contributed by atoms with Gasteiger partial charge in [-0.1, -0.05) is 4.48 Å². The molecule has 78 valence electrons. The van der Waals surface area contributed by atoms with Crippen LogP contribution < -0.4 is 11.2 Å². The molecule has 2 aromatic rings. The summed E-state index contributed by atoms with van der Waals surface area (Å²) in [6.45, 7) is 1.34. The van der Waals surface area contributed by atoms with Gasteiger partial charge in [0.1, 0.15) is 5.82 Å². The molecule has 1 heterocycles. The smallest absolute Gasteiger partial charge is 0.271 e. The Labute approximate surface area is 81.7 Å². The topological polar surface area (TPSA) is 54.9 Å². The molecular weight excluding hydrogens is 206 g/mol. The van der Waals surface area contributed by atoms with Crippen LogP contribution in [0.25, 0.3) is 10.9 Å². The number of aromatic nitrogens is 2. The number of nitrogens with one attached hydrogen (secondary N) is 1. The maximum absolute atomic E-state index is 13.2. The lowest BCUT2D eigenvalue weighted by Gasteiger charge is -2.03. The number of benzene rings is 1. The molecular formula is C9H6F2N2O2. The Balaban J connectivity index is 3.17. The summed E-state index contributed by atoms with van der Waals surface area (Å²) in [5.41, 5.74) is -2.18. The number of fused-ring (bicyclic) bond motifs is 1. The van der Waals surface area contributed by atoms with Crippen LogP contribution in [-0.2, 0) is 0 Å². The van der Waals surface area contributed by atoms with Gasteiger partial charge in [-0.25, -0.2) is 9.18 Å². The molecule has 0 spiro atoms. The van der Waals surface area contributed by atoms with Gasteiger partial charge >= 0.3 is 5.69 Å². The fourth-order valence-electron chi connectivity index (χ4n) is 1.44. The minimum absolute atomic E-state index is 0.0140. The maximum Gasteiger partial charge on any atom is 0.357 e. The van der Waals surface area contributed by atoms with Crippen molar-refractivity contribution < 1.29 is 8.87 Å². The predicted molar refractivity (Wildman–Crippen MR) is 50.0 cm³/mol. The second-order valence-electron chi connectivity index (χ2n) is 3.11. The van der Waals surface area contributed by atoms with E-state index in [9.17, 15) is 18.5 Å². The van der Waals surface area contributed by atoms with Crippen molar-refractivity contribution in [1.82, 2.24) is 9.77 Å². The van der Waals surface area contributed by atoms with E-state index in [2.05, 4.69) is 0 Å². The number of hydrogen-bond donors (Lipinski definition) is 1. The van der Waals surface area contributed by atoms with Crippen molar-refractivity contribution in [3.05, 3.63) is 44.4 Å². The molecule has 0 aliphatic rings. The standard InChI is InChI=1S/C9H6F2N2O2/c1-4-5(10)2-3-6-7(4)8(14)12-9(15)13(6)11/h2-3H,1H3,(H,12,14,15). The SMILES string of the molecule is Cc1c(F)ccc2c1c(=O)[nH]c(=O)n2F. The first-order valence-electron chi connectivity index (χ1n) is 4.12. The lowest BCUT2D eigenvalue weighted by Crippen LogP contribution is -2.27. The number of nitrogens with zero attached hydrogens (tertiary/aromatic N) is 1. The molecule has 0 atom stereocenters. The van der Waals surface area contributed by atoms with Crippen LogP contribution in [0.5, 0.6) is 0 Å². The van der Waals surface area contributed by atoms with Crippen LogP contribution in [0, 0.1) is 12.7 Å². The summed E-state index contributed by atoms with van der Waals surface area (Å²) in [7, 11) is 0. The summed E-state index contributed by atoms with van der Waals surface area (Å²) in [5.74, 6) is -0.619. The molecule has 0 amide bonds. The van der Waals surface area contributed by atoms with E-state index in [1.807, 2.05) is 0 Å². The lowest BCUT2D eigenvalue weighted by atomic mass is 10.1. The average molecular weight is 212 g/mol. The van der Waals surface area contributed by atoms with E-state index in [1.54, 1.807) is 4.98 Å². The van der Waals surface area contributed by atoms with Crippen molar-refractivity contribution in [2.75, 3.05) is 0 Å². The van der Waals surface area contributed by atoms with Crippen molar-refractivity contribution in [2.45, 2.75) is 6.92 Å². The summed E-state index contributed by atoms with van der Waals surface area (Å²) in [6.07, 6.45) is 0. The molecule has 0 bridgehead atoms. The molecule has 0 unspecified atom stereocenters.